The van der Waals surface area contributed by atoms with Gasteiger partial charge < -0.3 is 4.74 Å². The molecule has 1 aromatic rings. The maximum Gasteiger partial charge on any atom is 0.120 e. The van der Waals surface area contributed by atoms with E-state index in [0.717, 1.165) is 11.7 Å². The smallest absolute Gasteiger partial charge is 0.120 e. The average Bonchev–Trinajstić information content (AvgIpc) is 2.28. The largest absolute Gasteiger partial charge is 0.490 e. The molecule has 0 aliphatic heterocycles. The third kappa shape index (κ3) is 3.62. The molecule has 0 aromatic heterocycles. The molecule has 100 valence electrons. The van der Waals surface area contributed by atoms with Crippen molar-refractivity contribution in [1.82, 2.24) is 0 Å². The summed E-state index contributed by atoms with van der Waals surface area (Å²) in [5.41, 5.74) is 0. The van der Waals surface area contributed by atoms with Crippen LogP contribution < -0.4 is 4.74 Å². The van der Waals surface area contributed by atoms with E-state index in [9.17, 15) is 0 Å². The zero-order chi connectivity index (χ0) is 13.1. The number of halogens is 1. The van der Waals surface area contributed by atoms with E-state index in [4.69, 9.17) is 4.74 Å². The second-order valence-electron chi connectivity index (χ2n) is 5.94. The third-order valence-electron chi connectivity index (χ3n) is 4.04. The first kappa shape index (κ1) is 14.2. The normalized spacial score (nSPS) is 28.4. The summed E-state index contributed by atoms with van der Waals surface area (Å²) in [6, 6.07) is 8.40. The Morgan fingerprint density at radius 2 is 2.06 bits per heavy atom. The van der Waals surface area contributed by atoms with Crippen LogP contribution in [0.25, 0.3) is 0 Å². The van der Waals surface area contributed by atoms with Crippen LogP contribution in [0, 0.1) is 21.3 Å². The molecule has 1 aromatic carbocycles. The van der Waals surface area contributed by atoms with E-state index in [0.29, 0.717) is 17.9 Å². The zero-order valence-electron chi connectivity index (χ0n) is 11.5. The van der Waals surface area contributed by atoms with Crippen molar-refractivity contribution < 1.29 is 4.74 Å². The molecule has 0 saturated heterocycles. The minimum atomic E-state index is 0.395. The average molecular weight is 358 g/mol. The molecule has 0 bridgehead atoms. The van der Waals surface area contributed by atoms with Gasteiger partial charge in [-0.2, -0.15) is 0 Å². The van der Waals surface area contributed by atoms with Crippen LogP contribution in [0.5, 0.6) is 5.75 Å². The Morgan fingerprint density at radius 3 is 2.72 bits per heavy atom. The van der Waals surface area contributed by atoms with E-state index in [1.165, 1.54) is 22.8 Å². The molecule has 1 nitrogen and oxygen atoms in total. The summed E-state index contributed by atoms with van der Waals surface area (Å²) in [5.74, 6) is 3.25. The summed E-state index contributed by atoms with van der Waals surface area (Å²) in [5, 5.41) is 0. The van der Waals surface area contributed by atoms with E-state index in [1.807, 2.05) is 0 Å². The van der Waals surface area contributed by atoms with E-state index in [-0.39, 0.29) is 0 Å². The minimum absolute atomic E-state index is 0.395. The van der Waals surface area contributed by atoms with E-state index in [1.54, 1.807) is 0 Å². The summed E-state index contributed by atoms with van der Waals surface area (Å²) >= 11 is 2.34. The highest BCUT2D eigenvalue weighted by atomic mass is 127. The van der Waals surface area contributed by atoms with Gasteiger partial charge in [-0.15, -0.1) is 0 Å². The highest BCUT2D eigenvalue weighted by Gasteiger charge is 2.32. The molecule has 1 aliphatic rings. The SMILES string of the molecule is CC(C)[C@@H]1CC[C@@H](C)C[C@H]1Oc1cccc(I)c1. The minimum Gasteiger partial charge on any atom is -0.490 e. The van der Waals surface area contributed by atoms with Crippen LogP contribution >= 0.6 is 22.6 Å². The molecule has 0 N–H and O–H groups in total. The topological polar surface area (TPSA) is 9.23 Å². The van der Waals surface area contributed by atoms with Crippen molar-refractivity contribution in [3.63, 3.8) is 0 Å². The molecular formula is C16H23IO. The second-order valence-corrected chi connectivity index (χ2v) is 7.19. The van der Waals surface area contributed by atoms with E-state index in [2.05, 4.69) is 67.6 Å². The van der Waals surface area contributed by atoms with Gasteiger partial charge in [-0.25, -0.2) is 0 Å². The molecule has 2 heteroatoms. The molecule has 1 saturated carbocycles. The highest BCUT2D eigenvalue weighted by Crippen LogP contribution is 2.36. The number of ether oxygens (including phenoxy) is 1. The van der Waals surface area contributed by atoms with Crippen molar-refractivity contribution >= 4 is 22.6 Å². The van der Waals surface area contributed by atoms with Crippen molar-refractivity contribution in [2.75, 3.05) is 0 Å². The van der Waals surface area contributed by atoms with Crippen molar-refractivity contribution in [2.24, 2.45) is 17.8 Å². The van der Waals surface area contributed by atoms with E-state index >= 15 is 0 Å². The molecule has 2 rings (SSSR count). The fraction of sp³-hybridized carbons (Fsp3) is 0.625. The molecule has 1 fully saturated rings. The second kappa shape index (κ2) is 6.27. The molecule has 18 heavy (non-hydrogen) atoms. The Labute approximate surface area is 124 Å². The highest BCUT2D eigenvalue weighted by molar-refractivity contribution is 14.1. The van der Waals surface area contributed by atoms with Crippen molar-refractivity contribution in [3.8, 4) is 5.75 Å². The molecule has 0 radical (unpaired) electrons. The molecule has 1 aliphatic carbocycles. The van der Waals surface area contributed by atoms with Gasteiger partial charge in [0.15, 0.2) is 0 Å². The molecule has 0 amide bonds. The Morgan fingerprint density at radius 1 is 1.28 bits per heavy atom. The van der Waals surface area contributed by atoms with Gasteiger partial charge >= 0.3 is 0 Å². The summed E-state index contributed by atoms with van der Waals surface area (Å²) < 4.78 is 7.52. The van der Waals surface area contributed by atoms with Crippen molar-refractivity contribution in [3.05, 3.63) is 27.8 Å². The standard InChI is InChI=1S/C16H23IO/c1-11(2)15-8-7-12(3)9-16(15)18-14-6-4-5-13(17)10-14/h4-6,10-12,15-16H,7-9H2,1-3H3/t12-,15+,16-/m1/s1. The predicted octanol–water partition coefficient (Wildman–Crippen LogP) is 5.13. The molecule has 0 spiro atoms. The zero-order valence-corrected chi connectivity index (χ0v) is 13.7. The van der Waals surface area contributed by atoms with Crippen LogP contribution in [0.2, 0.25) is 0 Å². The molecular weight excluding hydrogens is 335 g/mol. The lowest BCUT2D eigenvalue weighted by atomic mass is 9.75. The first-order valence-corrected chi connectivity index (χ1v) is 8.06. The van der Waals surface area contributed by atoms with Gasteiger partial charge in [0.05, 0.1) is 0 Å². The first-order chi connectivity index (χ1) is 8.56. The lowest BCUT2D eigenvalue weighted by molar-refractivity contribution is 0.0460. The van der Waals surface area contributed by atoms with Gasteiger partial charge in [0.25, 0.3) is 0 Å². The maximum absolute atomic E-state index is 6.28. The van der Waals surface area contributed by atoms with Crippen LogP contribution in [0.1, 0.15) is 40.0 Å². The summed E-state index contributed by atoms with van der Waals surface area (Å²) in [6.07, 6.45) is 4.27. The van der Waals surface area contributed by atoms with Crippen molar-refractivity contribution in [1.29, 1.82) is 0 Å². The number of rotatable bonds is 3. The van der Waals surface area contributed by atoms with Crippen LogP contribution in [0.3, 0.4) is 0 Å². The third-order valence-corrected chi connectivity index (χ3v) is 4.72. The Balaban J connectivity index is 2.08. The first-order valence-electron chi connectivity index (χ1n) is 6.98. The summed E-state index contributed by atoms with van der Waals surface area (Å²) in [6.45, 7) is 7.00. The monoisotopic (exact) mass is 358 g/mol. The summed E-state index contributed by atoms with van der Waals surface area (Å²) in [7, 11) is 0. The fourth-order valence-electron chi connectivity index (χ4n) is 2.97. The van der Waals surface area contributed by atoms with Crippen LogP contribution in [0.15, 0.2) is 24.3 Å². The van der Waals surface area contributed by atoms with Crippen LogP contribution in [-0.2, 0) is 0 Å². The lowest BCUT2D eigenvalue weighted by Gasteiger charge is -2.37. The van der Waals surface area contributed by atoms with Gasteiger partial charge in [0.1, 0.15) is 11.9 Å². The Hall–Kier alpha value is -0.250. The number of hydrogen-bond donors (Lipinski definition) is 0. The lowest BCUT2D eigenvalue weighted by Crippen LogP contribution is -2.36. The number of hydrogen-bond acceptors (Lipinski definition) is 1. The van der Waals surface area contributed by atoms with Gasteiger partial charge in [0.2, 0.25) is 0 Å². The van der Waals surface area contributed by atoms with Crippen LogP contribution in [-0.4, -0.2) is 6.10 Å². The fourth-order valence-corrected chi connectivity index (χ4v) is 3.48. The maximum atomic E-state index is 6.28. The Kier molecular flexibility index (Phi) is 4.93. The van der Waals surface area contributed by atoms with Crippen molar-refractivity contribution in [2.45, 2.75) is 46.1 Å². The van der Waals surface area contributed by atoms with Gasteiger partial charge in [0, 0.05) is 3.57 Å². The summed E-state index contributed by atoms with van der Waals surface area (Å²) in [4.78, 5) is 0. The molecule has 0 heterocycles. The Bertz CT molecular complexity index is 388. The molecule has 0 unspecified atom stereocenters. The number of benzene rings is 1. The predicted molar refractivity (Wildman–Crippen MR) is 84.9 cm³/mol. The van der Waals surface area contributed by atoms with Gasteiger partial charge in [-0.05, 0) is 71.4 Å². The van der Waals surface area contributed by atoms with E-state index < -0.39 is 0 Å². The molecule has 3 atom stereocenters. The van der Waals surface area contributed by atoms with Gasteiger partial charge in [-0.3, -0.25) is 0 Å². The van der Waals surface area contributed by atoms with Gasteiger partial charge in [-0.1, -0.05) is 33.3 Å². The quantitative estimate of drug-likeness (QED) is 0.681. The van der Waals surface area contributed by atoms with Crippen LogP contribution in [0.4, 0.5) is 0 Å².